The second-order valence-corrected chi connectivity index (χ2v) is 7.04. The molecule has 140 valence electrons. The third kappa shape index (κ3) is 5.28. The van der Waals surface area contributed by atoms with Gasteiger partial charge in [-0.1, -0.05) is 35.3 Å². The van der Waals surface area contributed by atoms with Crippen molar-refractivity contribution in [3.05, 3.63) is 46.3 Å². The molecule has 2 rings (SSSR count). The number of aromatic nitrogens is 1. The van der Waals surface area contributed by atoms with Gasteiger partial charge in [-0.2, -0.15) is 0 Å². The molecule has 0 saturated heterocycles. The summed E-state index contributed by atoms with van der Waals surface area (Å²) in [6, 6.07) is 5.30. The van der Waals surface area contributed by atoms with E-state index >= 15 is 0 Å². The molecular weight excluding hydrogens is 395 g/mol. The molecule has 8 heteroatoms. The number of carbonyl (C=O) groups is 1. The first-order chi connectivity index (χ1) is 12.5. The molecule has 0 aliphatic heterocycles. The van der Waals surface area contributed by atoms with Gasteiger partial charge in [-0.15, -0.1) is 17.9 Å². The molecule has 5 nitrogen and oxygen atoms in total. The SMILES string of the molecule is C=CCN(C(=O)C(C)OCCOC)c1nc(-c2ccc(Cl)c(Cl)c2)cs1. The molecule has 0 saturated carbocycles. The van der Waals surface area contributed by atoms with Crippen molar-refractivity contribution in [2.24, 2.45) is 0 Å². The first-order valence-electron chi connectivity index (χ1n) is 7.91. The van der Waals surface area contributed by atoms with Crippen LogP contribution in [-0.4, -0.2) is 43.9 Å². The second kappa shape index (κ2) is 10.0. The number of thiazole rings is 1. The number of ether oxygens (including phenoxy) is 2. The highest BCUT2D eigenvalue weighted by molar-refractivity contribution is 7.14. The Balaban J connectivity index is 2.19. The van der Waals surface area contributed by atoms with Crippen LogP contribution in [0.4, 0.5) is 5.13 Å². The Bertz CT molecular complexity index is 767. The van der Waals surface area contributed by atoms with E-state index in [9.17, 15) is 4.79 Å². The molecule has 0 fully saturated rings. The maximum Gasteiger partial charge on any atom is 0.257 e. The zero-order valence-corrected chi connectivity index (χ0v) is 16.9. The lowest BCUT2D eigenvalue weighted by atomic mass is 10.2. The number of anilines is 1. The van der Waals surface area contributed by atoms with E-state index in [0.717, 1.165) is 11.3 Å². The van der Waals surface area contributed by atoms with Gasteiger partial charge in [0, 0.05) is 24.6 Å². The molecule has 0 aliphatic carbocycles. The van der Waals surface area contributed by atoms with E-state index in [0.29, 0.717) is 34.9 Å². The number of nitrogens with zero attached hydrogens (tertiary/aromatic N) is 2. The molecule has 0 radical (unpaired) electrons. The number of rotatable bonds is 9. The van der Waals surface area contributed by atoms with E-state index in [2.05, 4.69) is 11.6 Å². The smallest absolute Gasteiger partial charge is 0.257 e. The van der Waals surface area contributed by atoms with Crippen molar-refractivity contribution < 1.29 is 14.3 Å². The van der Waals surface area contributed by atoms with E-state index in [4.69, 9.17) is 32.7 Å². The van der Waals surface area contributed by atoms with Crippen molar-refractivity contribution in [3.8, 4) is 11.3 Å². The van der Waals surface area contributed by atoms with Crippen molar-refractivity contribution in [1.29, 1.82) is 0 Å². The summed E-state index contributed by atoms with van der Waals surface area (Å²) in [5.41, 5.74) is 1.55. The number of halogens is 2. The lowest BCUT2D eigenvalue weighted by molar-refractivity contribution is -0.129. The molecule has 1 atom stereocenters. The molecule has 1 amide bonds. The molecule has 1 aromatic carbocycles. The first kappa shape index (κ1) is 20.9. The van der Waals surface area contributed by atoms with E-state index in [-0.39, 0.29) is 5.91 Å². The van der Waals surface area contributed by atoms with Crippen molar-refractivity contribution in [2.75, 3.05) is 31.8 Å². The van der Waals surface area contributed by atoms with Crippen molar-refractivity contribution in [2.45, 2.75) is 13.0 Å². The van der Waals surface area contributed by atoms with Crippen LogP contribution >= 0.6 is 34.5 Å². The van der Waals surface area contributed by atoms with Crippen LogP contribution in [0.1, 0.15) is 6.92 Å². The monoisotopic (exact) mass is 414 g/mol. The number of methoxy groups -OCH3 is 1. The van der Waals surface area contributed by atoms with Gasteiger partial charge in [0.2, 0.25) is 0 Å². The average Bonchev–Trinajstić information content (AvgIpc) is 3.11. The maximum atomic E-state index is 12.7. The lowest BCUT2D eigenvalue weighted by Crippen LogP contribution is -2.39. The van der Waals surface area contributed by atoms with Gasteiger partial charge in [-0.3, -0.25) is 9.69 Å². The fourth-order valence-corrected chi connectivity index (χ4v) is 3.31. The fourth-order valence-electron chi connectivity index (χ4n) is 2.17. The van der Waals surface area contributed by atoms with Crippen LogP contribution in [0, 0.1) is 0 Å². The molecule has 0 N–H and O–H groups in total. The van der Waals surface area contributed by atoms with Gasteiger partial charge < -0.3 is 9.47 Å². The Morgan fingerprint density at radius 2 is 2.15 bits per heavy atom. The normalized spacial score (nSPS) is 12.0. The van der Waals surface area contributed by atoms with Crippen LogP contribution < -0.4 is 4.90 Å². The first-order valence-corrected chi connectivity index (χ1v) is 9.55. The van der Waals surface area contributed by atoms with Crippen LogP contribution in [0.5, 0.6) is 0 Å². The second-order valence-electron chi connectivity index (χ2n) is 5.39. The quantitative estimate of drug-likeness (QED) is 0.441. The Hall–Kier alpha value is -1.44. The van der Waals surface area contributed by atoms with Crippen molar-refractivity contribution >= 4 is 45.6 Å². The Morgan fingerprint density at radius 3 is 2.81 bits per heavy atom. The summed E-state index contributed by atoms with van der Waals surface area (Å²) in [5.74, 6) is -0.184. The third-order valence-electron chi connectivity index (χ3n) is 3.52. The maximum absolute atomic E-state index is 12.7. The summed E-state index contributed by atoms with van der Waals surface area (Å²) in [7, 11) is 1.58. The van der Waals surface area contributed by atoms with Crippen LogP contribution in [0.2, 0.25) is 10.0 Å². The summed E-state index contributed by atoms with van der Waals surface area (Å²) < 4.78 is 10.4. The lowest BCUT2D eigenvalue weighted by Gasteiger charge is -2.22. The highest BCUT2D eigenvalue weighted by atomic mass is 35.5. The molecule has 1 unspecified atom stereocenters. The fraction of sp³-hybridized carbons (Fsp3) is 0.333. The molecule has 2 aromatic rings. The third-order valence-corrected chi connectivity index (χ3v) is 5.12. The summed E-state index contributed by atoms with van der Waals surface area (Å²) >= 11 is 13.4. The molecule has 1 aromatic heterocycles. The summed E-state index contributed by atoms with van der Waals surface area (Å²) in [6.07, 6.45) is 1.04. The number of hydrogen-bond donors (Lipinski definition) is 0. The van der Waals surface area contributed by atoms with E-state index in [1.807, 2.05) is 11.4 Å². The average molecular weight is 415 g/mol. The van der Waals surface area contributed by atoms with Crippen LogP contribution in [-0.2, 0) is 14.3 Å². The molecule has 0 bridgehead atoms. The number of amides is 1. The Kier molecular flexibility index (Phi) is 8.06. The molecule has 1 heterocycles. The van der Waals surface area contributed by atoms with Gasteiger partial charge in [0.25, 0.3) is 5.91 Å². The Morgan fingerprint density at radius 1 is 1.38 bits per heavy atom. The zero-order chi connectivity index (χ0) is 19.1. The van der Waals surface area contributed by atoms with Crippen LogP contribution in [0.25, 0.3) is 11.3 Å². The standard InChI is InChI=1S/C18H20Cl2N2O3S/c1-4-7-22(17(23)12(2)25-9-8-24-3)18-21-16(11-26-18)13-5-6-14(19)15(20)10-13/h4-6,10-12H,1,7-9H2,2-3H3. The summed E-state index contributed by atoms with van der Waals surface area (Å²) in [5, 5.41) is 3.38. The zero-order valence-electron chi connectivity index (χ0n) is 14.6. The summed E-state index contributed by atoms with van der Waals surface area (Å²) in [4.78, 5) is 18.8. The Labute approximate surface area is 167 Å². The molecule has 26 heavy (non-hydrogen) atoms. The van der Waals surface area contributed by atoms with Gasteiger partial charge in [0.1, 0.15) is 6.10 Å². The van der Waals surface area contributed by atoms with Crippen LogP contribution in [0.15, 0.2) is 36.2 Å². The van der Waals surface area contributed by atoms with Crippen molar-refractivity contribution in [1.82, 2.24) is 4.98 Å². The predicted octanol–water partition coefficient (Wildman–Crippen LogP) is 4.69. The highest BCUT2D eigenvalue weighted by Crippen LogP contribution is 2.32. The topological polar surface area (TPSA) is 51.7 Å². The minimum absolute atomic E-state index is 0.184. The molecule has 0 spiro atoms. The molecular formula is C18H20Cl2N2O3S. The minimum atomic E-state index is -0.609. The van der Waals surface area contributed by atoms with Gasteiger partial charge in [0.05, 0.1) is 29.0 Å². The largest absolute Gasteiger partial charge is 0.382 e. The van der Waals surface area contributed by atoms with Gasteiger partial charge in [-0.25, -0.2) is 4.98 Å². The van der Waals surface area contributed by atoms with Gasteiger partial charge in [0.15, 0.2) is 5.13 Å². The van der Waals surface area contributed by atoms with Gasteiger partial charge in [-0.05, 0) is 19.1 Å². The van der Waals surface area contributed by atoms with E-state index in [1.165, 1.54) is 11.3 Å². The number of carbonyl (C=O) groups excluding carboxylic acids is 1. The number of benzene rings is 1. The highest BCUT2D eigenvalue weighted by Gasteiger charge is 2.24. The van der Waals surface area contributed by atoms with Crippen molar-refractivity contribution in [3.63, 3.8) is 0 Å². The van der Waals surface area contributed by atoms with E-state index < -0.39 is 6.10 Å². The minimum Gasteiger partial charge on any atom is -0.382 e. The molecule has 0 aliphatic rings. The van der Waals surface area contributed by atoms with Gasteiger partial charge >= 0.3 is 0 Å². The van der Waals surface area contributed by atoms with E-state index in [1.54, 1.807) is 37.1 Å². The predicted molar refractivity (Wildman–Crippen MR) is 107 cm³/mol. The van der Waals surface area contributed by atoms with Crippen LogP contribution in [0.3, 0.4) is 0 Å². The number of hydrogen-bond acceptors (Lipinski definition) is 5. The summed E-state index contributed by atoms with van der Waals surface area (Å²) in [6.45, 7) is 6.54.